The van der Waals surface area contributed by atoms with E-state index in [1.54, 1.807) is 19.9 Å². The highest BCUT2D eigenvalue weighted by molar-refractivity contribution is 5.92. The highest BCUT2D eigenvalue weighted by Gasteiger charge is 2.89. The fraction of sp³-hybridized carbons (Fsp3) is 0.788. The molecule has 2 saturated carbocycles. The van der Waals surface area contributed by atoms with Crippen LogP contribution in [0.3, 0.4) is 0 Å². The van der Waals surface area contributed by atoms with Gasteiger partial charge in [-0.2, -0.15) is 0 Å². The smallest absolute Gasteiger partial charge is 0.335 e. The van der Waals surface area contributed by atoms with Crippen LogP contribution in [-0.4, -0.2) is 111 Å². The van der Waals surface area contributed by atoms with Crippen LogP contribution in [0, 0.1) is 27.6 Å². The average molecular weight is 665 g/mol. The van der Waals surface area contributed by atoms with Crippen molar-refractivity contribution in [2.45, 2.75) is 121 Å². The SMILES string of the molecule is CC1(C)O[C@H]2CC(=O)OC[C@]23[C@H]2CC[C@@](C)([C@@H](OC4OC(CO)C(O)C(O)C4O)c4ccoc4)[C@@]4(O[C@@H]4C(=O)O)[C@]2(C)C(=O)C[C@]13C. The van der Waals surface area contributed by atoms with Gasteiger partial charge in [0, 0.05) is 28.2 Å². The van der Waals surface area contributed by atoms with Crippen molar-refractivity contribution in [3.8, 4) is 0 Å². The lowest BCUT2D eigenvalue weighted by molar-refractivity contribution is -0.329. The Balaban J connectivity index is 1.37. The Kier molecular flexibility index (Phi) is 7.25. The zero-order chi connectivity index (χ0) is 34.1. The number of aliphatic carboxylic acids is 1. The summed E-state index contributed by atoms with van der Waals surface area (Å²) in [5, 5.41) is 52.2. The van der Waals surface area contributed by atoms with Gasteiger partial charge in [0.2, 0.25) is 0 Å². The van der Waals surface area contributed by atoms with E-state index < -0.39 is 106 Å². The van der Waals surface area contributed by atoms with Gasteiger partial charge in [0.1, 0.15) is 42.4 Å². The summed E-state index contributed by atoms with van der Waals surface area (Å²) in [5.41, 5.74) is -6.35. The Bertz CT molecular complexity index is 1460. The van der Waals surface area contributed by atoms with Gasteiger partial charge in [0.15, 0.2) is 12.4 Å². The van der Waals surface area contributed by atoms with Gasteiger partial charge in [-0.05, 0) is 45.6 Å². The fourth-order valence-electron chi connectivity index (χ4n) is 10.8. The van der Waals surface area contributed by atoms with Crippen molar-refractivity contribution in [2.75, 3.05) is 13.2 Å². The van der Waals surface area contributed by atoms with E-state index in [-0.39, 0.29) is 31.7 Å². The number of ketones is 1. The molecule has 14 nitrogen and oxygen atoms in total. The lowest BCUT2D eigenvalue weighted by Crippen LogP contribution is -2.74. The van der Waals surface area contributed by atoms with Crippen LogP contribution in [0.1, 0.15) is 72.0 Å². The highest BCUT2D eigenvalue weighted by atomic mass is 16.7. The number of furan rings is 1. The summed E-state index contributed by atoms with van der Waals surface area (Å²) in [7, 11) is 0. The number of Topliss-reactive ketones (excluding diaryl/α,β-unsaturated/α-hetero) is 1. The Morgan fingerprint density at radius 2 is 1.79 bits per heavy atom. The normalized spacial score (nSPS) is 50.7. The first-order chi connectivity index (χ1) is 22.0. The number of epoxide rings is 1. The largest absolute Gasteiger partial charge is 0.479 e. The van der Waals surface area contributed by atoms with Gasteiger partial charge in [-0.15, -0.1) is 0 Å². The maximum Gasteiger partial charge on any atom is 0.335 e. The number of esters is 1. The Morgan fingerprint density at radius 3 is 2.40 bits per heavy atom. The topological polar surface area (TPSA) is 215 Å². The summed E-state index contributed by atoms with van der Waals surface area (Å²) in [6.07, 6.45) is -7.53. The van der Waals surface area contributed by atoms with E-state index in [2.05, 4.69) is 0 Å². The number of aliphatic hydroxyl groups is 4. The Hall–Kier alpha value is -2.43. The molecule has 1 aromatic rings. The number of fused-ring (bicyclic) bond motifs is 2. The van der Waals surface area contributed by atoms with Gasteiger partial charge in [0.05, 0.1) is 48.8 Å². The lowest BCUT2D eigenvalue weighted by atomic mass is 9.34. The molecule has 0 bridgehead atoms. The summed E-state index contributed by atoms with van der Waals surface area (Å²) >= 11 is 0. The number of carbonyl (C=O) groups is 3. The molecule has 6 aliphatic rings. The van der Waals surface area contributed by atoms with Gasteiger partial charge in [0.25, 0.3) is 0 Å². The number of carbonyl (C=O) groups excluding carboxylic acids is 2. The molecule has 260 valence electrons. The van der Waals surface area contributed by atoms with E-state index in [1.165, 1.54) is 12.5 Å². The molecule has 14 heteroatoms. The third kappa shape index (κ3) is 3.87. The predicted molar refractivity (Wildman–Crippen MR) is 155 cm³/mol. The Morgan fingerprint density at radius 1 is 1.06 bits per heavy atom. The van der Waals surface area contributed by atoms with Crippen LogP contribution in [0.4, 0.5) is 0 Å². The van der Waals surface area contributed by atoms with E-state index in [4.69, 9.17) is 28.1 Å². The molecule has 5 unspecified atom stereocenters. The fourth-order valence-corrected chi connectivity index (χ4v) is 10.8. The molecule has 2 spiro atoms. The van der Waals surface area contributed by atoms with Crippen LogP contribution >= 0.6 is 0 Å². The van der Waals surface area contributed by atoms with E-state index in [1.807, 2.05) is 20.8 Å². The van der Waals surface area contributed by atoms with E-state index in [9.17, 15) is 39.9 Å². The molecule has 47 heavy (non-hydrogen) atoms. The molecule has 7 rings (SSSR count). The quantitative estimate of drug-likeness (QED) is 0.211. The zero-order valence-electron chi connectivity index (χ0n) is 27.1. The van der Waals surface area contributed by atoms with Crippen LogP contribution in [-0.2, 0) is 38.1 Å². The van der Waals surface area contributed by atoms with E-state index in [0.717, 1.165) is 0 Å². The van der Waals surface area contributed by atoms with Crippen molar-refractivity contribution in [1.29, 1.82) is 0 Å². The van der Waals surface area contributed by atoms with Crippen LogP contribution in [0.5, 0.6) is 0 Å². The maximum absolute atomic E-state index is 14.9. The van der Waals surface area contributed by atoms with Crippen LogP contribution in [0.2, 0.25) is 0 Å². The number of aliphatic hydroxyl groups excluding tert-OH is 4. The predicted octanol–water partition coefficient (Wildman–Crippen LogP) is 0.872. The molecule has 5 N–H and O–H groups in total. The monoisotopic (exact) mass is 664 g/mol. The third-order valence-corrected chi connectivity index (χ3v) is 13.6. The number of rotatable bonds is 6. The third-order valence-electron chi connectivity index (χ3n) is 13.6. The second-order valence-electron chi connectivity index (χ2n) is 15.5. The number of ether oxygens (including phenoxy) is 5. The molecule has 5 heterocycles. The molecule has 2 aliphatic carbocycles. The van der Waals surface area contributed by atoms with Gasteiger partial charge >= 0.3 is 11.9 Å². The summed E-state index contributed by atoms with van der Waals surface area (Å²) in [5.74, 6) is -2.37. The minimum Gasteiger partial charge on any atom is -0.479 e. The number of hydrogen-bond acceptors (Lipinski definition) is 13. The zero-order valence-corrected chi connectivity index (χ0v) is 27.1. The van der Waals surface area contributed by atoms with Gasteiger partial charge in [-0.1, -0.05) is 13.8 Å². The first-order valence-corrected chi connectivity index (χ1v) is 16.2. The van der Waals surface area contributed by atoms with Crippen molar-refractivity contribution in [3.63, 3.8) is 0 Å². The average Bonchev–Trinajstić information content (AvgIpc) is 3.51. The first kappa shape index (κ1) is 33.1. The standard InChI is InChI=1S/C33H44O14/c1-28(2)30(4)11-18(35)31(5)17(32(30)14-43-20(36)10-19(32)46-28)6-8-29(3,33(31)25(47-33)26(40)41)24(15-7-9-42-13-15)45-27-23(39)22(38)21(37)16(12-34)44-27/h7,9,13,16-17,19,21-25,27,34,37-39H,6,8,10-12,14H2,1-5H3,(H,40,41)/t16?,17-,19-,21?,22?,23?,24-,25+,27?,29-,30+,31-,32-,33+/m0/s1. The minimum atomic E-state index is -1.74. The Labute approximate surface area is 271 Å². The summed E-state index contributed by atoms with van der Waals surface area (Å²) in [4.78, 5) is 40.5. The van der Waals surface area contributed by atoms with Crippen LogP contribution in [0.25, 0.3) is 0 Å². The molecular weight excluding hydrogens is 620 g/mol. The number of carboxylic acids is 1. The number of carboxylic acid groups (broad SMARTS) is 1. The second-order valence-corrected chi connectivity index (χ2v) is 15.5. The molecule has 14 atom stereocenters. The summed E-state index contributed by atoms with van der Waals surface area (Å²) in [6, 6.07) is 1.61. The van der Waals surface area contributed by atoms with Gasteiger partial charge in [-0.25, -0.2) is 4.79 Å². The number of hydrogen-bond donors (Lipinski definition) is 5. The molecule has 0 aromatic carbocycles. The molecular formula is C33H44O14. The van der Waals surface area contributed by atoms with Crippen molar-refractivity contribution < 1.29 is 68.0 Å². The maximum atomic E-state index is 14.9. The summed E-state index contributed by atoms with van der Waals surface area (Å²) < 4.78 is 36.4. The van der Waals surface area contributed by atoms with Crippen molar-refractivity contribution >= 4 is 17.7 Å². The highest BCUT2D eigenvalue weighted by Crippen LogP contribution is 2.81. The second kappa shape index (κ2) is 10.3. The van der Waals surface area contributed by atoms with Crippen LogP contribution in [0.15, 0.2) is 23.0 Å². The summed E-state index contributed by atoms with van der Waals surface area (Å²) in [6.45, 7) is 8.73. The van der Waals surface area contributed by atoms with Crippen molar-refractivity contribution in [2.24, 2.45) is 27.6 Å². The first-order valence-electron chi connectivity index (χ1n) is 16.2. The molecule has 0 amide bonds. The lowest BCUT2D eigenvalue weighted by Gasteiger charge is -2.67. The van der Waals surface area contributed by atoms with Gasteiger partial charge in [-0.3, -0.25) is 9.59 Å². The number of cyclic esters (lactones) is 1. The molecule has 1 aromatic heterocycles. The van der Waals surface area contributed by atoms with Crippen molar-refractivity contribution in [1.82, 2.24) is 0 Å². The molecule has 4 aliphatic heterocycles. The molecule has 6 fully saturated rings. The van der Waals surface area contributed by atoms with E-state index in [0.29, 0.717) is 12.0 Å². The molecule has 4 saturated heterocycles. The molecule has 0 radical (unpaired) electrons. The van der Waals surface area contributed by atoms with Crippen molar-refractivity contribution in [3.05, 3.63) is 24.2 Å². The van der Waals surface area contributed by atoms with Gasteiger partial charge < -0.3 is 53.6 Å². The van der Waals surface area contributed by atoms with E-state index >= 15 is 0 Å². The van der Waals surface area contributed by atoms with Crippen LogP contribution < -0.4 is 0 Å². The minimum absolute atomic E-state index is 0.00510.